The second kappa shape index (κ2) is 10.4. The first-order chi connectivity index (χ1) is 15.9. The van der Waals surface area contributed by atoms with E-state index in [-0.39, 0.29) is 11.7 Å². The van der Waals surface area contributed by atoms with E-state index >= 15 is 0 Å². The van der Waals surface area contributed by atoms with Gasteiger partial charge in [0.15, 0.2) is 5.17 Å². The van der Waals surface area contributed by atoms with Gasteiger partial charge in [0.05, 0.1) is 10.6 Å². The Hall–Kier alpha value is -2.80. The van der Waals surface area contributed by atoms with Crippen LogP contribution < -0.4 is 4.74 Å². The number of amidine groups is 1. The summed E-state index contributed by atoms with van der Waals surface area (Å²) in [6.07, 6.45) is 1.82. The maximum absolute atomic E-state index is 13.2. The molecule has 4 rings (SSSR count). The van der Waals surface area contributed by atoms with Gasteiger partial charge in [-0.1, -0.05) is 41.4 Å². The quantitative estimate of drug-likeness (QED) is 0.332. The number of nitrogens with zero attached hydrogens (tertiary/aromatic N) is 2. The summed E-state index contributed by atoms with van der Waals surface area (Å²) < 4.78 is 19.0. The number of likely N-dealkylation sites (N-methyl/N-ethyl adjacent to an activating group) is 1. The van der Waals surface area contributed by atoms with Gasteiger partial charge in [-0.25, -0.2) is 9.38 Å². The molecule has 1 aliphatic rings. The van der Waals surface area contributed by atoms with Crippen molar-refractivity contribution in [3.63, 3.8) is 0 Å². The predicted molar refractivity (Wildman–Crippen MR) is 134 cm³/mol. The van der Waals surface area contributed by atoms with E-state index in [9.17, 15) is 9.18 Å². The summed E-state index contributed by atoms with van der Waals surface area (Å²) in [6.45, 7) is 2.70. The third kappa shape index (κ3) is 5.77. The Morgan fingerprint density at radius 2 is 1.79 bits per heavy atom. The SMILES string of the molecule is CCN1C(=O)/C(=C\c2ccc(OCc3ccc(Cl)cc3Cl)cc2)SC1=Nc1ccc(F)cc1. The highest BCUT2D eigenvalue weighted by Gasteiger charge is 2.32. The molecule has 0 radical (unpaired) electrons. The first-order valence-electron chi connectivity index (χ1n) is 10.2. The molecule has 33 heavy (non-hydrogen) atoms. The zero-order valence-corrected chi connectivity index (χ0v) is 19.9. The van der Waals surface area contributed by atoms with Crippen molar-refractivity contribution in [2.45, 2.75) is 13.5 Å². The number of carbonyl (C=O) groups excluding carboxylic acids is 1. The fourth-order valence-corrected chi connectivity index (χ4v) is 4.63. The number of amides is 1. The molecular weight excluding hydrogens is 482 g/mol. The third-order valence-corrected chi connectivity index (χ3v) is 6.44. The molecule has 1 fully saturated rings. The maximum Gasteiger partial charge on any atom is 0.266 e. The van der Waals surface area contributed by atoms with E-state index in [1.165, 1.54) is 23.9 Å². The molecule has 1 amide bonds. The lowest BCUT2D eigenvalue weighted by atomic mass is 10.2. The van der Waals surface area contributed by atoms with Crippen LogP contribution in [0.2, 0.25) is 10.0 Å². The van der Waals surface area contributed by atoms with E-state index in [0.29, 0.717) is 44.7 Å². The van der Waals surface area contributed by atoms with Crippen molar-refractivity contribution in [1.29, 1.82) is 0 Å². The van der Waals surface area contributed by atoms with Crippen molar-refractivity contribution in [3.8, 4) is 5.75 Å². The van der Waals surface area contributed by atoms with E-state index in [1.807, 2.05) is 43.3 Å². The zero-order chi connectivity index (χ0) is 23.4. The minimum Gasteiger partial charge on any atom is -0.489 e. The van der Waals surface area contributed by atoms with Crippen molar-refractivity contribution >= 4 is 57.8 Å². The van der Waals surface area contributed by atoms with Crippen LogP contribution in [0.1, 0.15) is 18.1 Å². The van der Waals surface area contributed by atoms with E-state index in [2.05, 4.69) is 4.99 Å². The summed E-state index contributed by atoms with van der Waals surface area (Å²) in [5, 5.41) is 1.70. The van der Waals surface area contributed by atoms with Gasteiger partial charge in [0, 0.05) is 22.2 Å². The first kappa shape index (κ1) is 23.4. The highest BCUT2D eigenvalue weighted by molar-refractivity contribution is 8.18. The smallest absolute Gasteiger partial charge is 0.266 e. The van der Waals surface area contributed by atoms with Gasteiger partial charge in [0.2, 0.25) is 0 Å². The number of thioether (sulfide) groups is 1. The summed E-state index contributed by atoms with van der Waals surface area (Å²) >= 11 is 13.4. The monoisotopic (exact) mass is 500 g/mol. The number of aliphatic imine (C=N–C) groups is 1. The molecule has 0 N–H and O–H groups in total. The summed E-state index contributed by atoms with van der Waals surface area (Å²) in [4.78, 5) is 19.5. The van der Waals surface area contributed by atoms with Gasteiger partial charge in [0.1, 0.15) is 18.2 Å². The van der Waals surface area contributed by atoms with Gasteiger partial charge >= 0.3 is 0 Å². The number of rotatable bonds is 6. The van der Waals surface area contributed by atoms with Crippen LogP contribution >= 0.6 is 35.0 Å². The van der Waals surface area contributed by atoms with E-state index in [4.69, 9.17) is 27.9 Å². The Kier molecular flexibility index (Phi) is 7.38. The van der Waals surface area contributed by atoms with Crippen molar-refractivity contribution < 1.29 is 13.9 Å². The Morgan fingerprint density at radius 3 is 2.45 bits per heavy atom. The number of benzene rings is 3. The molecule has 0 aliphatic carbocycles. The molecule has 3 aromatic rings. The number of ether oxygens (including phenoxy) is 1. The summed E-state index contributed by atoms with van der Waals surface area (Å²) in [6, 6.07) is 18.6. The number of hydrogen-bond acceptors (Lipinski definition) is 4. The Balaban J connectivity index is 1.46. The van der Waals surface area contributed by atoms with Gasteiger partial charge in [-0.15, -0.1) is 0 Å². The van der Waals surface area contributed by atoms with Crippen molar-refractivity contribution in [2.75, 3.05) is 6.54 Å². The molecule has 0 atom stereocenters. The molecule has 0 unspecified atom stereocenters. The molecule has 4 nitrogen and oxygen atoms in total. The van der Waals surface area contributed by atoms with E-state index < -0.39 is 0 Å². The predicted octanol–water partition coefficient (Wildman–Crippen LogP) is 7.34. The molecule has 168 valence electrons. The average molecular weight is 501 g/mol. The molecule has 1 aliphatic heterocycles. The average Bonchev–Trinajstić information content (AvgIpc) is 3.09. The van der Waals surface area contributed by atoms with Crippen molar-refractivity contribution in [2.24, 2.45) is 4.99 Å². The zero-order valence-electron chi connectivity index (χ0n) is 17.6. The van der Waals surface area contributed by atoms with E-state index in [0.717, 1.165) is 11.1 Å². The standard InChI is InChI=1S/C25H19Cl2FN2O2S/c1-2-30-24(31)23(33-25(30)29-20-9-7-19(28)8-10-20)13-16-3-11-21(12-4-16)32-15-17-5-6-18(26)14-22(17)27/h3-14H,2,15H2,1H3/b23-13+,29-25?. The summed E-state index contributed by atoms with van der Waals surface area (Å²) in [5.74, 6) is 0.245. The van der Waals surface area contributed by atoms with Gasteiger partial charge in [-0.2, -0.15) is 0 Å². The molecule has 0 aromatic heterocycles. The van der Waals surface area contributed by atoms with Gasteiger partial charge < -0.3 is 4.74 Å². The second-order valence-corrected chi connectivity index (χ2v) is 8.98. The maximum atomic E-state index is 13.2. The lowest BCUT2D eigenvalue weighted by Gasteiger charge is -2.11. The van der Waals surface area contributed by atoms with Crippen LogP contribution in [0.3, 0.4) is 0 Å². The summed E-state index contributed by atoms with van der Waals surface area (Å²) in [7, 11) is 0. The molecule has 0 saturated carbocycles. The lowest BCUT2D eigenvalue weighted by Crippen LogP contribution is -2.28. The molecule has 1 saturated heterocycles. The third-order valence-electron chi connectivity index (χ3n) is 4.84. The number of carbonyl (C=O) groups is 1. The van der Waals surface area contributed by atoms with Crippen LogP contribution in [-0.4, -0.2) is 22.5 Å². The largest absolute Gasteiger partial charge is 0.489 e. The minimum atomic E-state index is -0.328. The van der Waals surface area contributed by atoms with Crippen LogP contribution in [0.5, 0.6) is 5.75 Å². The summed E-state index contributed by atoms with van der Waals surface area (Å²) in [5.41, 5.74) is 2.29. The normalized spacial score (nSPS) is 16.1. The number of hydrogen-bond donors (Lipinski definition) is 0. The topological polar surface area (TPSA) is 41.9 Å². The van der Waals surface area contributed by atoms with Crippen LogP contribution in [0.15, 0.2) is 76.6 Å². The fourth-order valence-electron chi connectivity index (χ4n) is 3.11. The fraction of sp³-hybridized carbons (Fsp3) is 0.120. The minimum absolute atomic E-state index is 0.110. The number of halogens is 3. The Morgan fingerprint density at radius 1 is 1.06 bits per heavy atom. The van der Waals surface area contributed by atoms with Crippen LogP contribution in [0, 0.1) is 5.82 Å². The second-order valence-electron chi connectivity index (χ2n) is 7.12. The van der Waals surface area contributed by atoms with Crippen LogP contribution in [-0.2, 0) is 11.4 Å². The Labute approximate surface area is 205 Å². The van der Waals surface area contributed by atoms with E-state index in [1.54, 1.807) is 29.2 Å². The van der Waals surface area contributed by atoms with Gasteiger partial charge in [-0.3, -0.25) is 9.69 Å². The van der Waals surface area contributed by atoms with Crippen molar-refractivity contribution in [1.82, 2.24) is 4.90 Å². The first-order valence-corrected chi connectivity index (χ1v) is 11.7. The van der Waals surface area contributed by atoms with Crippen molar-refractivity contribution in [3.05, 3.63) is 98.6 Å². The molecule has 1 heterocycles. The molecule has 0 bridgehead atoms. The van der Waals surface area contributed by atoms with Gasteiger partial charge in [0.25, 0.3) is 5.91 Å². The molecule has 8 heteroatoms. The highest BCUT2D eigenvalue weighted by atomic mass is 35.5. The lowest BCUT2D eigenvalue weighted by molar-refractivity contribution is -0.122. The molecular formula is C25H19Cl2FN2O2S. The molecule has 0 spiro atoms. The van der Waals surface area contributed by atoms with Crippen LogP contribution in [0.4, 0.5) is 10.1 Å². The van der Waals surface area contributed by atoms with Gasteiger partial charge in [-0.05, 0) is 78.9 Å². The van der Waals surface area contributed by atoms with Crippen LogP contribution in [0.25, 0.3) is 6.08 Å². The highest BCUT2D eigenvalue weighted by Crippen LogP contribution is 2.34. The Bertz CT molecular complexity index is 1230. The molecule has 3 aromatic carbocycles.